The molecule has 0 saturated heterocycles. The average Bonchev–Trinajstić information content (AvgIpc) is 2.47. The Balaban J connectivity index is 2.38. The predicted octanol–water partition coefficient (Wildman–Crippen LogP) is 0.528. The lowest BCUT2D eigenvalue weighted by atomic mass is 10.2. The third-order valence-electron chi connectivity index (χ3n) is 2.80. The zero-order chi connectivity index (χ0) is 17.3. The zero-order valence-corrected chi connectivity index (χ0v) is 14.2. The molecule has 0 aliphatic heterocycles. The summed E-state index contributed by atoms with van der Waals surface area (Å²) in [5, 5.41) is 9.87. The Morgan fingerprint density at radius 3 is 2.52 bits per heavy atom. The molecule has 0 aromatic carbocycles. The molecule has 10 heteroatoms. The first-order valence-electron chi connectivity index (χ1n) is 7.34. The van der Waals surface area contributed by atoms with E-state index in [2.05, 4.69) is 4.98 Å². The lowest BCUT2D eigenvalue weighted by molar-refractivity contribution is 0.0791. The van der Waals surface area contributed by atoms with Gasteiger partial charge in [0.05, 0.1) is 25.9 Å². The van der Waals surface area contributed by atoms with Crippen molar-refractivity contribution in [2.75, 3.05) is 26.2 Å². The molecule has 1 aromatic rings. The van der Waals surface area contributed by atoms with Gasteiger partial charge in [-0.1, -0.05) is 0 Å². The molecule has 0 aliphatic rings. The van der Waals surface area contributed by atoms with Crippen molar-refractivity contribution in [3.05, 3.63) is 33.1 Å². The Bertz CT molecular complexity index is 617. The van der Waals surface area contributed by atoms with Crippen LogP contribution in [0.2, 0.25) is 0 Å². The molecule has 0 aliphatic carbocycles. The van der Waals surface area contributed by atoms with Crippen molar-refractivity contribution in [3.63, 3.8) is 0 Å². The molecule has 23 heavy (non-hydrogen) atoms. The minimum Gasteiger partial charge on any atom is -0.391 e. The van der Waals surface area contributed by atoms with Gasteiger partial charge < -0.3 is 18.9 Å². The van der Waals surface area contributed by atoms with Crippen molar-refractivity contribution in [1.82, 2.24) is 9.55 Å². The highest BCUT2D eigenvalue weighted by molar-refractivity contribution is 7.53. The van der Waals surface area contributed by atoms with Gasteiger partial charge in [0.15, 0.2) is 0 Å². The summed E-state index contributed by atoms with van der Waals surface area (Å²) in [5.41, 5.74) is -1.08. The number of aromatic amines is 1. The molecular formula is C13H23N2O7P. The van der Waals surface area contributed by atoms with Gasteiger partial charge in [-0.2, -0.15) is 0 Å². The highest BCUT2D eigenvalue weighted by Gasteiger charge is 2.23. The summed E-state index contributed by atoms with van der Waals surface area (Å²) in [6, 6.07) is 1.20. The van der Waals surface area contributed by atoms with E-state index in [0.29, 0.717) is 0 Å². The first-order valence-corrected chi connectivity index (χ1v) is 9.06. The van der Waals surface area contributed by atoms with E-state index in [9.17, 15) is 19.3 Å². The van der Waals surface area contributed by atoms with E-state index in [4.69, 9.17) is 13.8 Å². The highest BCUT2D eigenvalue weighted by atomic mass is 31.2. The van der Waals surface area contributed by atoms with Crippen LogP contribution in [0, 0.1) is 0 Å². The zero-order valence-electron chi connectivity index (χ0n) is 13.3. The Morgan fingerprint density at radius 2 is 1.96 bits per heavy atom. The molecule has 1 unspecified atom stereocenters. The lowest BCUT2D eigenvalue weighted by Gasteiger charge is -2.17. The van der Waals surface area contributed by atoms with Crippen LogP contribution in [0.3, 0.4) is 0 Å². The Morgan fingerprint density at radius 1 is 1.30 bits per heavy atom. The molecule has 1 heterocycles. The van der Waals surface area contributed by atoms with Crippen LogP contribution in [0.4, 0.5) is 0 Å². The van der Waals surface area contributed by atoms with Gasteiger partial charge in [-0.15, -0.1) is 0 Å². The number of nitrogens with zero attached hydrogens (tertiary/aromatic N) is 1. The van der Waals surface area contributed by atoms with Crippen LogP contribution in [0.1, 0.15) is 20.3 Å². The second-order valence-electron chi connectivity index (χ2n) is 4.69. The third-order valence-corrected chi connectivity index (χ3v) is 4.60. The fraction of sp³-hybridized carbons (Fsp3) is 0.692. The summed E-state index contributed by atoms with van der Waals surface area (Å²) in [4.78, 5) is 24.5. The van der Waals surface area contributed by atoms with Crippen molar-refractivity contribution < 1.29 is 23.5 Å². The van der Waals surface area contributed by atoms with Crippen molar-refractivity contribution in [1.29, 1.82) is 0 Å². The van der Waals surface area contributed by atoms with Gasteiger partial charge in [0, 0.05) is 18.9 Å². The van der Waals surface area contributed by atoms with Gasteiger partial charge in [-0.25, -0.2) is 4.79 Å². The highest BCUT2D eigenvalue weighted by Crippen LogP contribution is 2.47. The maximum absolute atomic E-state index is 12.1. The standard InChI is InChI=1S/C13H23N2O7P/c1-3-21-23(19,22-4-2)10-20-8-6-11(16)9-15-7-5-12(17)14-13(15)18/h5,7,11,16H,3-4,6,8-10H2,1-2H3,(H,14,17,18). The minimum atomic E-state index is -3.26. The molecule has 0 bridgehead atoms. The van der Waals surface area contributed by atoms with Gasteiger partial charge >= 0.3 is 13.3 Å². The summed E-state index contributed by atoms with van der Waals surface area (Å²) in [6.45, 7) is 4.06. The second kappa shape index (κ2) is 9.79. The fourth-order valence-corrected chi connectivity index (χ4v) is 3.17. The van der Waals surface area contributed by atoms with E-state index >= 15 is 0 Å². The van der Waals surface area contributed by atoms with E-state index in [-0.39, 0.29) is 39.1 Å². The van der Waals surface area contributed by atoms with Crippen LogP contribution >= 0.6 is 7.60 Å². The number of ether oxygens (including phenoxy) is 1. The van der Waals surface area contributed by atoms with Gasteiger partial charge in [0.2, 0.25) is 0 Å². The molecule has 9 nitrogen and oxygen atoms in total. The van der Waals surface area contributed by atoms with Gasteiger partial charge in [0.25, 0.3) is 5.56 Å². The van der Waals surface area contributed by atoms with Crippen molar-refractivity contribution in [2.45, 2.75) is 32.9 Å². The van der Waals surface area contributed by atoms with E-state index in [1.165, 1.54) is 16.8 Å². The predicted molar refractivity (Wildman–Crippen MR) is 83.6 cm³/mol. The third kappa shape index (κ3) is 7.24. The molecule has 0 amide bonds. The molecule has 1 atom stereocenters. The summed E-state index contributed by atoms with van der Waals surface area (Å²) in [6.07, 6.45) is 0.491. The molecule has 0 radical (unpaired) electrons. The number of hydrogen-bond acceptors (Lipinski definition) is 7. The molecule has 0 fully saturated rings. The molecule has 2 N–H and O–H groups in total. The van der Waals surface area contributed by atoms with Crippen molar-refractivity contribution >= 4 is 7.60 Å². The van der Waals surface area contributed by atoms with Crippen LogP contribution in [0.25, 0.3) is 0 Å². The van der Waals surface area contributed by atoms with Crippen LogP contribution in [-0.2, 0) is 24.9 Å². The van der Waals surface area contributed by atoms with E-state index in [1.54, 1.807) is 13.8 Å². The second-order valence-corrected chi connectivity index (χ2v) is 6.69. The summed E-state index contributed by atoms with van der Waals surface area (Å²) < 4.78 is 28.7. The quantitative estimate of drug-likeness (QED) is 0.441. The molecule has 0 spiro atoms. The summed E-state index contributed by atoms with van der Waals surface area (Å²) >= 11 is 0. The summed E-state index contributed by atoms with van der Waals surface area (Å²) in [5.74, 6) is 0. The van der Waals surface area contributed by atoms with Crippen LogP contribution in [0.15, 0.2) is 21.9 Å². The number of nitrogens with one attached hydrogen (secondary N) is 1. The Hall–Kier alpha value is -1.25. The monoisotopic (exact) mass is 350 g/mol. The first-order chi connectivity index (χ1) is 10.9. The molecular weight excluding hydrogens is 327 g/mol. The number of aliphatic hydroxyl groups is 1. The van der Waals surface area contributed by atoms with E-state index in [0.717, 1.165) is 0 Å². The summed E-state index contributed by atoms with van der Waals surface area (Å²) in [7, 11) is -3.26. The van der Waals surface area contributed by atoms with E-state index < -0.39 is 24.9 Å². The maximum Gasteiger partial charge on any atom is 0.356 e. The van der Waals surface area contributed by atoms with Gasteiger partial charge in [-0.05, 0) is 20.3 Å². The first kappa shape index (κ1) is 19.8. The fourth-order valence-electron chi connectivity index (χ4n) is 1.81. The van der Waals surface area contributed by atoms with Crippen LogP contribution in [0.5, 0.6) is 0 Å². The lowest BCUT2D eigenvalue weighted by Crippen LogP contribution is -2.32. The van der Waals surface area contributed by atoms with Gasteiger partial charge in [-0.3, -0.25) is 18.9 Å². The van der Waals surface area contributed by atoms with Crippen molar-refractivity contribution in [2.24, 2.45) is 0 Å². The number of rotatable bonds is 11. The maximum atomic E-state index is 12.1. The molecule has 1 rings (SSSR count). The molecule has 132 valence electrons. The largest absolute Gasteiger partial charge is 0.391 e. The van der Waals surface area contributed by atoms with Crippen molar-refractivity contribution in [3.8, 4) is 0 Å². The average molecular weight is 350 g/mol. The number of aromatic nitrogens is 2. The van der Waals surface area contributed by atoms with Crippen LogP contribution < -0.4 is 11.2 Å². The van der Waals surface area contributed by atoms with E-state index in [1.807, 2.05) is 0 Å². The number of H-pyrrole nitrogens is 1. The normalized spacial score (nSPS) is 13.2. The topological polar surface area (TPSA) is 120 Å². The van der Waals surface area contributed by atoms with Gasteiger partial charge in [0.1, 0.15) is 6.35 Å². The Labute approximate surface area is 133 Å². The minimum absolute atomic E-state index is 0.0214. The number of aliphatic hydroxyl groups excluding tert-OH is 1. The molecule has 1 aromatic heterocycles. The van der Waals surface area contributed by atoms with Crippen LogP contribution in [-0.4, -0.2) is 46.9 Å². The Kier molecular flexibility index (Phi) is 8.43. The molecule has 0 saturated carbocycles. The number of hydrogen-bond donors (Lipinski definition) is 2. The SMILES string of the molecule is CCOP(=O)(COCCC(O)Cn1ccc(=O)[nH]c1=O)OCC. The smallest absolute Gasteiger partial charge is 0.356 e.